The van der Waals surface area contributed by atoms with E-state index in [-0.39, 0.29) is 0 Å². The topological polar surface area (TPSA) is 24.1 Å². The Balaban J connectivity index is 2.88. The first-order chi connectivity index (χ1) is 4.33. The van der Waals surface area contributed by atoms with Crippen molar-refractivity contribution >= 4 is 0 Å². The molecule has 0 aliphatic carbocycles. The normalized spacial score (nSPS) is 9.44. The number of nitrogens with zero attached hydrogens (tertiary/aromatic N) is 1. The third-order valence-corrected chi connectivity index (χ3v) is 1.29. The highest BCUT2D eigenvalue weighted by Gasteiger charge is 1.92. The molecule has 0 spiro atoms. The lowest BCUT2D eigenvalue weighted by atomic mass is 10.2. The Hall–Kier alpha value is -1.05. The van der Waals surface area contributed by atoms with Crippen LogP contribution in [0.1, 0.15) is 12.5 Å². The van der Waals surface area contributed by atoms with Crippen LogP contribution in [-0.2, 0) is 6.42 Å². The Morgan fingerprint density at radius 1 is 1.44 bits per heavy atom. The average molecular weight is 124 g/mol. The van der Waals surface area contributed by atoms with Crippen LogP contribution in [0, 0.1) is 0 Å². The molecule has 1 aromatic heterocycles. The zero-order chi connectivity index (χ0) is 6.69. The largest absolute Gasteiger partial charge is 0.285 e. The predicted octanol–water partition coefficient (Wildman–Crippen LogP) is 0.774. The van der Waals surface area contributed by atoms with Crippen molar-refractivity contribution in [3.05, 3.63) is 30.1 Å². The van der Waals surface area contributed by atoms with E-state index in [4.69, 9.17) is 5.21 Å². The molecule has 1 N–H and O–H groups in total. The van der Waals surface area contributed by atoms with Crippen LogP contribution in [0.25, 0.3) is 0 Å². The predicted molar refractivity (Wildman–Crippen MR) is 33.2 cm³/mol. The van der Waals surface area contributed by atoms with Crippen LogP contribution in [0.2, 0.25) is 0 Å². The quantitative estimate of drug-likeness (QED) is 0.434. The number of pyridine rings is 1. The summed E-state index contributed by atoms with van der Waals surface area (Å²) in [7, 11) is 0. The fourth-order valence-electron chi connectivity index (χ4n) is 0.685. The standard InChI is InChI=1S/C7H10NO/c1-2-7-3-5-8(9)6-4-7/h3-6,9H,2H2,1H3/q+1. The third-order valence-electron chi connectivity index (χ3n) is 1.29. The van der Waals surface area contributed by atoms with Crippen LogP contribution >= 0.6 is 0 Å². The molecule has 0 radical (unpaired) electrons. The number of hydrogen-bond donors (Lipinski definition) is 1. The molecule has 0 fully saturated rings. The van der Waals surface area contributed by atoms with Crippen LogP contribution in [0.15, 0.2) is 24.5 Å². The molecule has 0 atom stereocenters. The lowest BCUT2D eigenvalue weighted by Crippen LogP contribution is -2.27. The summed E-state index contributed by atoms with van der Waals surface area (Å²) in [5.74, 6) is 0. The van der Waals surface area contributed by atoms with Gasteiger partial charge in [-0.1, -0.05) is 6.92 Å². The smallest absolute Gasteiger partial charge is 0.222 e. The summed E-state index contributed by atoms with van der Waals surface area (Å²) in [5, 5.41) is 8.77. The molecule has 1 rings (SSSR count). The van der Waals surface area contributed by atoms with Crippen molar-refractivity contribution in [3.8, 4) is 0 Å². The van der Waals surface area contributed by atoms with E-state index in [9.17, 15) is 0 Å². The van der Waals surface area contributed by atoms with Crippen LogP contribution in [0.5, 0.6) is 0 Å². The zero-order valence-electron chi connectivity index (χ0n) is 5.41. The molecule has 48 valence electrons. The highest BCUT2D eigenvalue weighted by Crippen LogP contribution is 1.93. The average Bonchev–Trinajstić information content (AvgIpc) is 1.90. The highest BCUT2D eigenvalue weighted by molar-refractivity contribution is 5.05. The summed E-state index contributed by atoms with van der Waals surface area (Å²) in [6.45, 7) is 2.08. The fraction of sp³-hybridized carbons (Fsp3) is 0.286. The number of rotatable bonds is 1. The molecule has 0 saturated carbocycles. The molecule has 0 bridgehead atoms. The molecule has 1 heterocycles. The van der Waals surface area contributed by atoms with Gasteiger partial charge < -0.3 is 0 Å². The highest BCUT2D eigenvalue weighted by atomic mass is 16.5. The van der Waals surface area contributed by atoms with E-state index in [0.29, 0.717) is 0 Å². The van der Waals surface area contributed by atoms with Gasteiger partial charge >= 0.3 is 0 Å². The summed E-state index contributed by atoms with van der Waals surface area (Å²) < 4.78 is 1.04. The molecule has 2 heteroatoms. The first kappa shape index (κ1) is 6.08. The van der Waals surface area contributed by atoms with E-state index >= 15 is 0 Å². The molecule has 0 aliphatic heterocycles. The molecular formula is C7H10NO+. The van der Waals surface area contributed by atoms with Gasteiger partial charge in [0.15, 0.2) is 0 Å². The lowest BCUT2D eigenvalue weighted by Gasteiger charge is -1.88. The molecule has 9 heavy (non-hydrogen) atoms. The second kappa shape index (κ2) is 2.49. The molecule has 1 aromatic rings. The minimum Gasteiger partial charge on any atom is -0.285 e. The van der Waals surface area contributed by atoms with Gasteiger partial charge in [-0.15, -0.1) is 0 Å². The maximum Gasteiger partial charge on any atom is 0.222 e. The number of aromatic nitrogens is 1. The minimum atomic E-state index is 1.01. The second-order valence-corrected chi connectivity index (χ2v) is 1.94. The van der Waals surface area contributed by atoms with Gasteiger partial charge in [-0.2, -0.15) is 0 Å². The Kier molecular flexibility index (Phi) is 1.68. The monoisotopic (exact) mass is 124 g/mol. The summed E-state index contributed by atoms with van der Waals surface area (Å²) in [6.07, 6.45) is 4.26. The van der Waals surface area contributed by atoms with Gasteiger partial charge in [-0.3, -0.25) is 5.21 Å². The summed E-state index contributed by atoms with van der Waals surface area (Å²) in [6, 6.07) is 3.78. The lowest BCUT2D eigenvalue weighted by molar-refractivity contribution is -0.904. The van der Waals surface area contributed by atoms with E-state index < -0.39 is 0 Å². The number of aryl methyl sites for hydroxylation is 1. The van der Waals surface area contributed by atoms with Crippen molar-refractivity contribution in [1.82, 2.24) is 0 Å². The van der Waals surface area contributed by atoms with Crippen LogP contribution in [-0.4, -0.2) is 5.21 Å². The van der Waals surface area contributed by atoms with E-state index in [1.165, 1.54) is 5.56 Å². The minimum absolute atomic E-state index is 1.01. The first-order valence-electron chi connectivity index (χ1n) is 3.02. The van der Waals surface area contributed by atoms with E-state index in [1.54, 1.807) is 12.4 Å². The maximum atomic E-state index is 8.77. The Labute approximate surface area is 54.3 Å². The van der Waals surface area contributed by atoms with Gasteiger partial charge in [-0.05, 0) is 12.0 Å². The molecule has 2 nitrogen and oxygen atoms in total. The van der Waals surface area contributed by atoms with E-state index in [1.807, 2.05) is 12.1 Å². The number of hydrogen-bond acceptors (Lipinski definition) is 1. The maximum absolute atomic E-state index is 8.77. The first-order valence-corrected chi connectivity index (χ1v) is 3.02. The van der Waals surface area contributed by atoms with Crippen molar-refractivity contribution < 1.29 is 9.94 Å². The van der Waals surface area contributed by atoms with Gasteiger partial charge in [0, 0.05) is 16.9 Å². The van der Waals surface area contributed by atoms with Crippen LogP contribution in [0.3, 0.4) is 0 Å². The van der Waals surface area contributed by atoms with Crippen molar-refractivity contribution in [2.75, 3.05) is 0 Å². The van der Waals surface area contributed by atoms with Crippen molar-refractivity contribution in [3.63, 3.8) is 0 Å². The molecule has 0 saturated heterocycles. The second-order valence-electron chi connectivity index (χ2n) is 1.94. The van der Waals surface area contributed by atoms with Crippen LogP contribution < -0.4 is 4.73 Å². The SMILES string of the molecule is CCc1cc[n+](O)cc1. The third kappa shape index (κ3) is 1.42. The molecule has 0 aromatic carbocycles. The van der Waals surface area contributed by atoms with Crippen molar-refractivity contribution in [2.24, 2.45) is 0 Å². The van der Waals surface area contributed by atoms with Gasteiger partial charge in [0.2, 0.25) is 12.4 Å². The van der Waals surface area contributed by atoms with Gasteiger partial charge in [0.05, 0.1) is 0 Å². The molecule has 0 aliphatic rings. The van der Waals surface area contributed by atoms with Crippen molar-refractivity contribution in [1.29, 1.82) is 0 Å². The summed E-state index contributed by atoms with van der Waals surface area (Å²) in [5.41, 5.74) is 1.24. The summed E-state index contributed by atoms with van der Waals surface area (Å²) in [4.78, 5) is 0. The Morgan fingerprint density at radius 2 is 2.00 bits per heavy atom. The molecular weight excluding hydrogens is 114 g/mol. The van der Waals surface area contributed by atoms with Gasteiger partial charge in [0.25, 0.3) is 0 Å². The van der Waals surface area contributed by atoms with Gasteiger partial charge in [-0.25, -0.2) is 0 Å². The van der Waals surface area contributed by atoms with E-state index in [2.05, 4.69) is 6.92 Å². The molecule has 0 unspecified atom stereocenters. The Bertz CT molecular complexity index is 181. The molecule has 0 amide bonds. The van der Waals surface area contributed by atoms with Crippen LogP contribution in [0.4, 0.5) is 0 Å². The fourth-order valence-corrected chi connectivity index (χ4v) is 0.685. The van der Waals surface area contributed by atoms with Crippen molar-refractivity contribution in [2.45, 2.75) is 13.3 Å². The zero-order valence-corrected chi connectivity index (χ0v) is 5.41. The summed E-state index contributed by atoms with van der Waals surface area (Å²) >= 11 is 0. The van der Waals surface area contributed by atoms with E-state index in [0.717, 1.165) is 11.2 Å². The Morgan fingerprint density at radius 3 is 2.44 bits per heavy atom. The van der Waals surface area contributed by atoms with Gasteiger partial charge in [0.1, 0.15) is 0 Å².